The summed E-state index contributed by atoms with van der Waals surface area (Å²) in [6.45, 7) is 2.67. The number of nitrogens with zero attached hydrogens (tertiary/aromatic N) is 1. The summed E-state index contributed by atoms with van der Waals surface area (Å²) >= 11 is 0. The molecule has 1 rings (SSSR count). The molecule has 0 radical (unpaired) electrons. The highest BCUT2D eigenvalue weighted by atomic mass is 16.3. The van der Waals surface area contributed by atoms with Crippen molar-refractivity contribution in [1.29, 1.82) is 0 Å². The molecule has 1 unspecified atom stereocenters. The molecular formula is C7H13NO3. The van der Waals surface area contributed by atoms with E-state index < -0.39 is 0 Å². The zero-order valence-corrected chi connectivity index (χ0v) is 6.78. The average molecular weight is 159 g/mol. The van der Waals surface area contributed by atoms with Crippen LogP contribution < -0.4 is 0 Å². The number of likely N-dealkylation sites (tertiary alicyclic amines) is 1. The Morgan fingerprint density at radius 1 is 1.73 bits per heavy atom. The molecule has 1 saturated heterocycles. The SMILES string of the molecule is CC1CCN(C)C1=O.O=CO. The zero-order chi connectivity index (χ0) is 8.85. The van der Waals surface area contributed by atoms with Gasteiger partial charge in [-0.1, -0.05) is 6.92 Å². The predicted molar refractivity (Wildman–Crippen MR) is 40.1 cm³/mol. The van der Waals surface area contributed by atoms with Crippen LogP contribution in [0.2, 0.25) is 0 Å². The zero-order valence-electron chi connectivity index (χ0n) is 6.78. The fourth-order valence-corrected chi connectivity index (χ4v) is 0.997. The third-order valence-corrected chi connectivity index (χ3v) is 1.70. The highest BCUT2D eigenvalue weighted by molar-refractivity contribution is 5.80. The summed E-state index contributed by atoms with van der Waals surface area (Å²) in [5.41, 5.74) is 0. The number of rotatable bonds is 0. The molecule has 4 heteroatoms. The van der Waals surface area contributed by atoms with E-state index in [2.05, 4.69) is 0 Å². The molecular weight excluding hydrogens is 146 g/mol. The molecule has 64 valence electrons. The first kappa shape index (κ1) is 9.94. The number of amides is 1. The van der Waals surface area contributed by atoms with Crippen molar-refractivity contribution in [1.82, 2.24) is 4.90 Å². The maximum absolute atomic E-state index is 10.8. The van der Waals surface area contributed by atoms with Gasteiger partial charge in [-0.2, -0.15) is 0 Å². The van der Waals surface area contributed by atoms with E-state index in [9.17, 15) is 4.79 Å². The Morgan fingerprint density at radius 3 is 2.27 bits per heavy atom. The Labute approximate surface area is 65.8 Å². The highest BCUT2D eigenvalue weighted by Crippen LogP contribution is 2.13. The Morgan fingerprint density at radius 2 is 2.18 bits per heavy atom. The summed E-state index contributed by atoms with van der Waals surface area (Å²) in [7, 11) is 1.85. The fourth-order valence-electron chi connectivity index (χ4n) is 0.997. The molecule has 0 aromatic heterocycles. The third kappa shape index (κ3) is 3.02. The summed E-state index contributed by atoms with van der Waals surface area (Å²) < 4.78 is 0. The smallest absolute Gasteiger partial charge is 0.290 e. The van der Waals surface area contributed by atoms with Crippen molar-refractivity contribution >= 4 is 12.4 Å². The van der Waals surface area contributed by atoms with Gasteiger partial charge in [0.1, 0.15) is 0 Å². The normalized spacial score (nSPS) is 22.5. The summed E-state index contributed by atoms with van der Waals surface area (Å²) in [5.74, 6) is 0.574. The molecule has 11 heavy (non-hydrogen) atoms. The van der Waals surface area contributed by atoms with Gasteiger partial charge < -0.3 is 10.0 Å². The molecule has 0 aromatic carbocycles. The minimum absolute atomic E-state index is 0.250. The van der Waals surface area contributed by atoms with Crippen LogP contribution in [-0.2, 0) is 9.59 Å². The number of carbonyl (C=O) groups excluding carboxylic acids is 1. The summed E-state index contributed by atoms with van der Waals surface area (Å²) in [5, 5.41) is 6.89. The Bertz CT molecular complexity index is 135. The van der Waals surface area contributed by atoms with E-state index in [1.54, 1.807) is 4.90 Å². The quantitative estimate of drug-likeness (QED) is 0.513. The molecule has 0 aliphatic carbocycles. The first-order valence-electron chi connectivity index (χ1n) is 3.46. The Balaban J connectivity index is 0.000000292. The second kappa shape index (κ2) is 4.71. The van der Waals surface area contributed by atoms with E-state index >= 15 is 0 Å². The molecule has 0 bridgehead atoms. The van der Waals surface area contributed by atoms with Gasteiger partial charge in [0.05, 0.1) is 0 Å². The minimum atomic E-state index is -0.250. The van der Waals surface area contributed by atoms with Crippen LogP contribution in [0.25, 0.3) is 0 Å². The van der Waals surface area contributed by atoms with Crippen molar-refractivity contribution in [2.45, 2.75) is 13.3 Å². The van der Waals surface area contributed by atoms with Gasteiger partial charge in [0.15, 0.2) is 0 Å². The molecule has 0 spiro atoms. The van der Waals surface area contributed by atoms with Crippen molar-refractivity contribution in [2.75, 3.05) is 13.6 Å². The first-order valence-corrected chi connectivity index (χ1v) is 3.46. The van der Waals surface area contributed by atoms with Gasteiger partial charge in [0.2, 0.25) is 5.91 Å². The van der Waals surface area contributed by atoms with Gasteiger partial charge >= 0.3 is 0 Å². The van der Waals surface area contributed by atoms with E-state index in [1.165, 1.54) is 0 Å². The molecule has 1 fully saturated rings. The molecule has 1 heterocycles. The van der Waals surface area contributed by atoms with Crippen molar-refractivity contribution in [3.05, 3.63) is 0 Å². The lowest BCUT2D eigenvalue weighted by Crippen LogP contribution is -2.21. The molecule has 4 nitrogen and oxygen atoms in total. The topological polar surface area (TPSA) is 57.6 Å². The molecule has 1 aliphatic heterocycles. The number of carboxylic acid groups (broad SMARTS) is 1. The van der Waals surface area contributed by atoms with Gasteiger partial charge in [-0.15, -0.1) is 0 Å². The number of carbonyl (C=O) groups is 2. The van der Waals surface area contributed by atoms with Crippen LogP contribution in [0.5, 0.6) is 0 Å². The molecule has 0 aromatic rings. The van der Waals surface area contributed by atoms with Gasteiger partial charge in [-0.3, -0.25) is 9.59 Å². The standard InChI is InChI=1S/C6H11NO.CH2O2/c1-5-3-4-7(2)6(5)8;2-1-3/h5H,3-4H2,1-2H3;1H,(H,2,3). The maximum atomic E-state index is 10.8. The predicted octanol–water partition coefficient (Wildman–Crippen LogP) is 0.185. The van der Waals surface area contributed by atoms with Crippen molar-refractivity contribution in [2.24, 2.45) is 5.92 Å². The molecule has 1 aliphatic rings. The van der Waals surface area contributed by atoms with Gasteiger partial charge in [-0.05, 0) is 6.42 Å². The lowest BCUT2D eigenvalue weighted by atomic mass is 10.1. The van der Waals surface area contributed by atoms with Crippen LogP contribution >= 0.6 is 0 Å². The maximum Gasteiger partial charge on any atom is 0.290 e. The molecule has 1 atom stereocenters. The van der Waals surface area contributed by atoms with Crippen molar-refractivity contribution in [3.63, 3.8) is 0 Å². The Kier molecular flexibility index (Phi) is 4.26. The monoisotopic (exact) mass is 159 g/mol. The number of hydrogen-bond donors (Lipinski definition) is 1. The van der Waals surface area contributed by atoms with Gasteiger partial charge in [-0.25, -0.2) is 0 Å². The van der Waals surface area contributed by atoms with Crippen molar-refractivity contribution < 1.29 is 14.7 Å². The minimum Gasteiger partial charge on any atom is -0.483 e. The lowest BCUT2D eigenvalue weighted by Gasteiger charge is -2.05. The summed E-state index contributed by atoms with van der Waals surface area (Å²) in [6, 6.07) is 0. The van der Waals surface area contributed by atoms with E-state index in [0.717, 1.165) is 13.0 Å². The van der Waals surface area contributed by atoms with Gasteiger partial charge in [0.25, 0.3) is 6.47 Å². The summed E-state index contributed by atoms with van der Waals surface area (Å²) in [6.07, 6.45) is 1.04. The van der Waals surface area contributed by atoms with E-state index in [4.69, 9.17) is 9.90 Å². The van der Waals surface area contributed by atoms with Crippen LogP contribution in [-0.4, -0.2) is 36.0 Å². The first-order chi connectivity index (χ1) is 5.13. The average Bonchev–Trinajstić information content (AvgIpc) is 2.22. The van der Waals surface area contributed by atoms with E-state index in [-0.39, 0.29) is 12.4 Å². The van der Waals surface area contributed by atoms with Crippen LogP contribution in [0.15, 0.2) is 0 Å². The third-order valence-electron chi connectivity index (χ3n) is 1.70. The van der Waals surface area contributed by atoms with E-state index in [1.807, 2.05) is 14.0 Å². The van der Waals surface area contributed by atoms with Crippen LogP contribution in [0, 0.1) is 5.92 Å². The summed E-state index contributed by atoms with van der Waals surface area (Å²) in [4.78, 5) is 21.0. The molecule has 1 amide bonds. The number of hydrogen-bond acceptors (Lipinski definition) is 2. The van der Waals surface area contributed by atoms with Crippen LogP contribution in [0.4, 0.5) is 0 Å². The second-order valence-corrected chi connectivity index (χ2v) is 2.55. The van der Waals surface area contributed by atoms with Crippen molar-refractivity contribution in [3.8, 4) is 0 Å². The van der Waals surface area contributed by atoms with Crippen LogP contribution in [0.3, 0.4) is 0 Å². The van der Waals surface area contributed by atoms with Crippen LogP contribution in [0.1, 0.15) is 13.3 Å². The fraction of sp³-hybridized carbons (Fsp3) is 0.714. The largest absolute Gasteiger partial charge is 0.483 e. The molecule has 0 saturated carbocycles. The molecule has 1 N–H and O–H groups in total. The second-order valence-electron chi connectivity index (χ2n) is 2.55. The van der Waals surface area contributed by atoms with Gasteiger partial charge in [0, 0.05) is 19.5 Å². The highest BCUT2D eigenvalue weighted by Gasteiger charge is 2.23. The Hall–Kier alpha value is -1.06. The van der Waals surface area contributed by atoms with E-state index in [0.29, 0.717) is 5.91 Å². The lowest BCUT2D eigenvalue weighted by molar-refractivity contribution is -0.129.